The molecule has 2 aliphatic rings. The molecule has 3 aromatic rings. The summed E-state index contributed by atoms with van der Waals surface area (Å²) < 4.78 is 50.1. The van der Waals surface area contributed by atoms with E-state index in [0.717, 1.165) is 79.9 Å². The van der Waals surface area contributed by atoms with Crippen LogP contribution in [0.15, 0.2) is 48.7 Å². The van der Waals surface area contributed by atoms with E-state index in [2.05, 4.69) is 25.8 Å². The van der Waals surface area contributed by atoms with Crippen LogP contribution in [0.1, 0.15) is 24.1 Å². The standard InChI is InChI=1S/C28H31F3N6O3/c1-18-2-3-20(34-27(38)35-21-4-5-24(33-17-21)28(29,30)31)16-23(18)19-14-25(37-10-12-39-13-11-37)36-26(15-19)40-22-6-8-32-9-7-22/h2-5,14-17,22,32H,6-13H2,1H3,(H2,34,35,38). The number of benzene rings is 1. The van der Waals surface area contributed by atoms with Crippen molar-refractivity contribution in [3.8, 4) is 17.0 Å². The Labute approximate surface area is 230 Å². The molecule has 0 radical (unpaired) electrons. The Hall–Kier alpha value is -3.90. The summed E-state index contributed by atoms with van der Waals surface area (Å²) in [6.45, 7) is 6.48. The second kappa shape index (κ2) is 12.1. The van der Waals surface area contributed by atoms with Crippen molar-refractivity contribution in [2.24, 2.45) is 0 Å². The summed E-state index contributed by atoms with van der Waals surface area (Å²) in [5.41, 5.74) is 2.41. The molecule has 2 saturated heterocycles. The first-order chi connectivity index (χ1) is 19.2. The van der Waals surface area contributed by atoms with Crippen LogP contribution < -0.4 is 25.6 Å². The van der Waals surface area contributed by atoms with Gasteiger partial charge in [-0.3, -0.25) is 0 Å². The van der Waals surface area contributed by atoms with Crippen LogP contribution >= 0.6 is 0 Å². The van der Waals surface area contributed by atoms with Crippen LogP contribution in [0.25, 0.3) is 11.1 Å². The van der Waals surface area contributed by atoms with Gasteiger partial charge in [-0.2, -0.15) is 18.2 Å². The molecule has 2 aromatic heterocycles. The number of rotatable bonds is 6. The number of amides is 2. The van der Waals surface area contributed by atoms with Crippen molar-refractivity contribution >= 4 is 23.2 Å². The van der Waals surface area contributed by atoms with Crippen LogP contribution in [0.5, 0.6) is 5.88 Å². The van der Waals surface area contributed by atoms with Gasteiger partial charge >= 0.3 is 12.2 Å². The second-order valence-corrected chi connectivity index (χ2v) is 9.76. The van der Waals surface area contributed by atoms with E-state index >= 15 is 0 Å². The molecule has 0 spiro atoms. The van der Waals surface area contributed by atoms with Crippen molar-refractivity contribution in [1.82, 2.24) is 15.3 Å². The van der Waals surface area contributed by atoms with E-state index < -0.39 is 17.9 Å². The van der Waals surface area contributed by atoms with Crippen LogP contribution in [0.2, 0.25) is 0 Å². The first kappa shape index (κ1) is 27.7. The molecule has 5 rings (SSSR count). The molecule has 4 heterocycles. The van der Waals surface area contributed by atoms with Gasteiger partial charge in [0.1, 0.15) is 17.6 Å². The zero-order chi connectivity index (χ0) is 28.1. The highest BCUT2D eigenvalue weighted by Gasteiger charge is 2.32. The van der Waals surface area contributed by atoms with Gasteiger partial charge in [0.15, 0.2) is 0 Å². The zero-order valence-electron chi connectivity index (χ0n) is 22.1. The molecule has 0 aliphatic carbocycles. The minimum absolute atomic E-state index is 0.0824. The van der Waals surface area contributed by atoms with E-state index in [1.165, 1.54) is 0 Å². The third-order valence-electron chi connectivity index (χ3n) is 6.82. The van der Waals surface area contributed by atoms with Crippen LogP contribution in [0.3, 0.4) is 0 Å². The number of alkyl halides is 3. The number of aromatic nitrogens is 2. The number of hydrogen-bond donors (Lipinski definition) is 3. The summed E-state index contributed by atoms with van der Waals surface area (Å²) >= 11 is 0. The fraction of sp³-hybridized carbons (Fsp3) is 0.393. The molecule has 0 saturated carbocycles. The molecule has 0 unspecified atom stereocenters. The van der Waals surface area contributed by atoms with E-state index in [9.17, 15) is 18.0 Å². The van der Waals surface area contributed by atoms with Gasteiger partial charge in [0.2, 0.25) is 5.88 Å². The number of carbonyl (C=O) groups excluding carboxylic acids is 1. The van der Waals surface area contributed by atoms with Crippen LogP contribution in [-0.4, -0.2) is 61.5 Å². The molecule has 2 fully saturated rings. The maximum atomic E-state index is 12.8. The largest absolute Gasteiger partial charge is 0.474 e. The van der Waals surface area contributed by atoms with Gasteiger partial charge in [-0.05, 0) is 79.9 Å². The number of hydrogen-bond acceptors (Lipinski definition) is 7. The van der Waals surface area contributed by atoms with Gasteiger partial charge in [-0.25, -0.2) is 9.78 Å². The lowest BCUT2D eigenvalue weighted by atomic mass is 10.00. The summed E-state index contributed by atoms with van der Waals surface area (Å²) in [6, 6.07) is 10.8. The summed E-state index contributed by atoms with van der Waals surface area (Å²) in [4.78, 5) is 23.0. The molecule has 2 aliphatic heterocycles. The number of morpholine rings is 1. The summed E-state index contributed by atoms with van der Waals surface area (Å²) in [5.74, 6) is 1.35. The molecule has 9 nitrogen and oxygen atoms in total. The molecule has 0 bridgehead atoms. The lowest BCUT2D eigenvalue weighted by Gasteiger charge is -2.29. The quantitative estimate of drug-likeness (QED) is 0.389. The first-order valence-corrected chi connectivity index (χ1v) is 13.2. The molecular formula is C28H31F3N6O3. The average Bonchev–Trinajstić information content (AvgIpc) is 2.95. The highest BCUT2D eigenvalue weighted by molar-refractivity contribution is 6.00. The number of piperidine rings is 1. The predicted molar refractivity (Wildman–Crippen MR) is 146 cm³/mol. The van der Waals surface area contributed by atoms with Crippen LogP contribution in [0.4, 0.5) is 35.2 Å². The van der Waals surface area contributed by atoms with Gasteiger partial charge in [-0.15, -0.1) is 0 Å². The summed E-state index contributed by atoms with van der Waals surface area (Å²) in [7, 11) is 0. The second-order valence-electron chi connectivity index (χ2n) is 9.76. The maximum Gasteiger partial charge on any atom is 0.433 e. The number of ether oxygens (including phenoxy) is 2. The monoisotopic (exact) mass is 556 g/mol. The van der Waals surface area contributed by atoms with Gasteiger partial charge in [0.05, 0.1) is 25.1 Å². The average molecular weight is 557 g/mol. The topological polar surface area (TPSA) is 101 Å². The van der Waals surface area contributed by atoms with Crippen LogP contribution in [-0.2, 0) is 10.9 Å². The number of aryl methyl sites for hydroxylation is 1. The third-order valence-corrected chi connectivity index (χ3v) is 6.82. The fourth-order valence-electron chi connectivity index (χ4n) is 4.69. The van der Waals surface area contributed by atoms with Crippen molar-refractivity contribution in [2.45, 2.75) is 32.0 Å². The molecule has 1 aromatic carbocycles. The van der Waals surface area contributed by atoms with Crippen molar-refractivity contribution in [3.63, 3.8) is 0 Å². The molecule has 40 heavy (non-hydrogen) atoms. The number of halogens is 3. The number of pyridine rings is 2. The first-order valence-electron chi connectivity index (χ1n) is 13.2. The molecule has 3 N–H and O–H groups in total. The smallest absolute Gasteiger partial charge is 0.433 e. The Bertz CT molecular complexity index is 1320. The Balaban J connectivity index is 1.37. The van der Waals surface area contributed by atoms with E-state index in [4.69, 9.17) is 14.5 Å². The number of nitrogens with zero attached hydrogens (tertiary/aromatic N) is 3. The minimum Gasteiger partial charge on any atom is -0.474 e. The molecule has 2 amide bonds. The SMILES string of the molecule is Cc1ccc(NC(=O)Nc2ccc(C(F)(F)F)nc2)cc1-c1cc(OC2CCNCC2)nc(N2CCOCC2)c1. The van der Waals surface area contributed by atoms with E-state index in [-0.39, 0.29) is 11.8 Å². The van der Waals surface area contributed by atoms with Crippen molar-refractivity contribution < 1.29 is 27.4 Å². The highest BCUT2D eigenvalue weighted by Crippen LogP contribution is 2.33. The maximum absolute atomic E-state index is 12.8. The van der Waals surface area contributed by atoms with Gasteiger partial charge < -0.3 is 30.3 Å². The van der Waals surface area contributed by atoms with E-state index in [1.54, 1.807) is 6.07 Å². The highest BCUT2D eigenvalue weighted by atomic mass is 19.4. The van der Waals surface area contributed by atoms with Crippen LogP contribution in [0, 0.1) is 6.92 Å². The number of urea groups is 1. The van der Waals surface area contributed by atoms with Crippen molar-refractivity contribution in [1.29, 1.82) is 0 Å². The van der Waals surface area contributed by atoms with Gasteiger partial charge in [-0.1, -0.05) is 6.07 Å². The number of carbonyl (C=O) groups is 1. The van der Waals surface area contributed by atoms with Crippen molar-refractivity contribution in [3.05, 3.63) is 59.9 Å². The molecular weight excluding hydrogens is 525 g/mol. The Morgan fingerprint density at radius 1 is 1.05 bits per heavy atom. The van der Waals surface area contributed by atoms with Gasteiger partial charge in [0.25, 0.3) is 0 Å². The molecule has 212 valence electrons. The zero-order valence-corrected chi connectivity index (χ0v) is 22.1. The molecule has 12 heteroatoms. The normalized spacial score (nSPS) is 16.4. The Kier molecular flexibility index (Phi) is 8.36. The number of anilines is 3. The summed E-state index contributed by atoms with van der Waals surface area (Å²) in [5, 5.41) is 8.61. The third kappa shape index (κ3) is 6.99. The lowest BCUT2D eigenvalue weighted by molar-refractivity contribution is -0.141. The molecule has 0 atom stereocenters. The predicted octanol–water partition coefficient (Wildman–Crippen LogP) is 5.08. The van der Waals surface area contributed by atoms with Gasteiger partial charge in [0, 0.05) is 24.8 Å². The minimum atomic E-state index is -4.55. The van der Waals surface area contributed by atoms with E-state index in [1.807, 2.05) is 31.2 Å². The Morgan fingerprint density at radius 3 is 2.48 bits per heavy atom. The van der Waals surface area contributed by atoms with E-state index in [0.29, 0.717) is 24.8 Å². The Morgan fingerprint density at radius 2 is 1.77 bits per heavy atom. The summed E-state index contributed by atoms with van der Waals surface area (Å²) in [6.07, 6.45) is -1.69. The lowest BCUT2D eigenvalue weighted by Crippen LogP contribution is -2.37. The number of nitrogens with one attached hydrogen (secondary N) is 3. The fourth-order valence-corrected chi connectivity index (χ4v) is 4.69. The van der Waals surface area contributed by atoms with Crippen molar-refractivity contribution in [2.75, 3.05) is 54.9 Å².